The molecule has 2 aromatic rings. The lowest BCUT2D eigenvalue weighted by Crippen LogP contribution is -2.17. The van der Waals surface area contributed by atoms with Crippen molar-refractivity contribution in [2.75, 3.05) is 7.05 Å². The van der Waals surface area contributed by atoms with Gasteiger partial charge in [0.2, 0.25) is 0 Å². The number of hydrogen-bond acceptors (Lipinski definition) is 4. The molecule has 1 aliphatic carbocycles. The van der Waals surface area contributed by atoms with E-state index >= 15 is 0 Å². The van der Waals surface area contributed by atoms with E-state index in [1.807, 2.05) is 32.1 Å². The minimum atomic E-state index is 0.144. The van der Waals surface area contributed by atoms with Crippen LogP contribution in [-0.2, 0) is 0 Å². The molecule has 0 aromatic carbocycles. The van der Waals surface area contributed by atoms with Gasteiger partial charge in [0, 0.05) is 30.6 Å². The van der Waals surface area contributed by atoms with Gasteiger partial charge in [-0.2, -0.15) is 10.4 Å². The highest BCUT2D eigenvalue weighted by atomic mass is 127. The summed E-state index contributed by atoms with van der Waals surface area (Å²) in [6.45, 7) is 3.66. The van der Waals surface area contributed by atoms with Gasteiger partial charge in [-0.25, -0.2) is 4.99 Å². The molecule has 0 amide bonds. The standard InChI is InChI=1S/C18H21IN6/c1-21-17(15-8-10-24(19)18(15)22-2)14-11-23-25(12-14)16(7-9-20)13-5-3-4-6-13/h8,10-13,16H,2-7H2,1H3/b21-17-/t16-/m1/s1. The van der Waals surface area contributed by atoms with Crippen molar-refractivity contribution in [2.24, 2.45) is 15.9 Å². The van der Waals surface area contributed by atoms with E-state index in [2.05, 4.69) is 50.7 Å². The molecule has 0 aliphatic heterocycles. The molecule has 1 fully saturated rings. The predicted molar refractivity (Wildman–Crippen MR) is 108 cm³/mol. The third-order valence-electron chi connectivity index (χ3n) is 4.90. The Kier molecular flexibility index (Phi) is 5.68. The average Bonchev–Trinajstić information content (AvgIpc) is 3.35. The Hall–Kier alpha value is -1.95. The summed E-state index contributed by atoms with van der Waals surface area (Å²) in [5.74, 6) is 1.31. The molecule has 3 rings (SSSR count). The van der Waals surface area contributed by atoms with Crippen LogP contribution >= 0.6 is 22.9 Å². The Morgan fingerprint density at radius 1 is 1.52 bits per heavy atom. The van der Waals surface area contributed by atoms with Crippen LogP contribution in [0.1, 0.15) is 49.3 Å². The van der Waals surface area contributed by atoms with Crippen LogP contribution in [0.15, 0.2) is 34.6 Å². The molecule has 1 saturated carbocycles. The highest BCUT2D eigenvalue weighted by Gasteiger charge is 2.27. The second-order valence-corrected chi connectivity index (χ2v) is 7.32. The number of halogens is 1. The molecular formula is C18H21IN6. The molecule has 7 heteroatoms. The van der Waals surface area contributed by atoms with E-state index in [0.29, 0.717) is 12.3 Å². The summed E-state index contributed by atoms with van der Waals surface area (Å²) >= 11 is 2.17. The number of aliphatic imine (C=N–C) groups is 2. The number of nitrogens with zero attached hydrogens (tertiary/aromatic N) is 6. The fourth-order valence-electron chi connectivity index (χ4n) is 3.70. The summed E-state index contributed by atoms with van der Waals surface area (Å²) in [4.78, 5) is 8.57. The first-order valence-corrected chi connectivity index (χ1v) is 9.39. The number of aromatic nitrogens is 3. The first-order valence-electron chi connectivity index (χ1n) is 8.42. The van der Waals surface area contributed by atoms with Gasteiger partial charge in [0.05, 0.1) is 53.3 Å². The predicted octanol–water partition coefficient (Wildman–Crippen LogP) is 4.33. The lowest BCUT2D eigenvalue weighted by Gasteiger charge is -2.21. The van der Waals surface area contributed by atoms with Crippen LogP contribution in [0.5, 0.6) is 0 Å². The second kappa shape index (κ2) is 7.95. The van der Waals surface area contributed by atoms with Crippen LogP contribution in [0.2, 0.25) is 0 Å². The zero-order valence-corrected chi connectivity index (χ0v) is 16.4. The van der Waals surface area contributed by atoms with E-state index in [9.17, 15) is 5.26 Å². The van der Waals surface area contributed by atoms with Crippen molar-refractivity contribution in [1.82, 2.24) is 12.6 Å². The summed E-state index contributed by atoms with van der Waals surface area (Å²) in [6, 6.07) is 4.46. The molecule has 2 heterocycles. The highest BCUT2D eigenvalue weighted by molar-refractivity contribution is 14.1. The van der Waals surface area contributed by atoms with Crippen LogP contribution in [0.25, 0.3) is 0 Å². The minimum Gasteiger partial charge on any atom is -0.287 e. The maximum Gasteiger partial charge on any atom is 0.150 e. The maximum absolute atomic E-state index is 9.23. The third-order valence-corrected chi connectivity index (χ3v) is 5.68. The summed E-state index contributed by atoms with van der Waals surface area (Å²) in [7, 11) is 1.77. The lowest BCUT2D eigenvalue weighted by molar-refractivity contribution is 0.314. The third kappa shape index (κ3) is 3.54. The largest absolute Gasteiger partial charge is 0.287 e. The molecular weight excluding hydrogens is 427 g/mol. The fourth-order valence-corrected chi connectivity index (χ4v) is 4.27. The molecule has 2 aromatic heterocycles. The molecule has 0 saturated heterocycles. The molecule has 1 atom stereocenters. The minimum absolute atomic E-state index is 0.144. The van der Waals surface area contributed by atoms with Crippen LogP contribution in [0.3, 0.4) is 0 Å². The van der Waals surface area contributed by atoms with Gasteiger partial charge < -0.3 is 0 Å². The van der Waals surface area contributed by atoms with Gasteiger partial charge in [-0.1, -0.05) is 12.8 Å². The van der Waals surface area contributed by atoms with Gasteiger partial charge >= 0.3 is 0 Å². The van der Waals surface area contributed by atoms with Crippen LogP contribution < -0.4 is 0 Å². The first kappa shape index (κ1) is 17.9. The molecule has 130 valence electrons. The molecule has 0 radical (unpaired) electrons. The first-order chi connectivity index (χ1) is 12.2. The van der Waals surface area contributed by atoms with Gasteiger partial charge in [-0.15, -0.1) is 0 Å². The quantitative estimate of drug-likeness (QED) is 0.488. The number of rotatable bonds is 6. The summed E-state index contributed by atoms with van der Waals surface area (Å²) in [6.07, 6.45) is 11.1. The number of hydrogen-bond donors (Lipinski definition) is 0. The van der Waals surface area contributed by atoms with Crippen molar-refractivity contribution in [2.45, 2.75) is 38.1 Å². The van der Waals surface area contributed by atoms with Gasteiger partial charge in [0.1, 0.15) is 5.82 Å². The molecule has 0 spiro atoms. The number of nitriles is 1. The Labute approximate surface area is 161 Å². The molecule has 0 unspecified atom stereocenters. The van der Waals surface area contributed by atoms with Crippen LogP contribution in [0.4, 0.5) is 5.82 Å². The van der Waals surface area contributed by atoms with Gasteiger partial charge in [-0.3, -0.25) is 12.5 Å². The molecule has 1 aliphatic rings. The fraction of sp³-hybridized carbons (Fsp3) is 0.444. The lowest BCUT2D eigenvalue weighted by atomic mass is 9.96. The Morgan fingerprint density at radius 2 is 2.28 bits per heavy atom. The van der Waals surface area contributed by atoms with Crippen molar-refractivity contribution in [1.29, 1.82) is 5.26 Å². The zero-order chi connectivity index (χ0) is 17.8. The molecule has 25 heavy (non-hydrogen) atoms. The van der Waals surface area contributed by atoms with E-state index in [1.54, 1.807) is 7.05 Å². The Bertz CT molecular complexity index is 819. The summed E-state index contributed by atoms with van der Waals surface area (Å²) in [5, 5.41) is 13.8. The van der Waals surface area contributed by atoms with E-state index in [1.165, 1.54) is 25.7 Å². The normalized spacial score (nSPS) is 16.8. The molecule has 0 N–H and O–H groups in total. The van der Waals surface area contributed by atoms with Crippen molar-refractivity contribution < 1.29 is 0 Å². The van der Waals surface area contributed by atoms with Crippen molar-refractivity contribution in [3.8, 4) is 6.07 Å². The SMILES string of the molecule is C=Nc1c(/C(=N\C)c2cnn([C@H](CC#N)C3CCCC3)c2)ccn1I. The highest BCUT2D eigenvalue weighted by Crippen LogP contribution is 2.36. The van der Waals surface area contributed by atoms with Gasteiger partial charge in [-0.05, 0) is 31.5 Å². The van der Waals surface area contributed by atoms with Crippen LogP contribution in [0, 0.1) is 17.2 Å². The van der Waals surface area contributed by atoms with E-state index in [0.717, 1.165) is 22.7 Å². The van der Waals surface area contributed by atoms with Crippen LogP contribution in [-0.4, -0.2) is 32.0 Å². The van der Waals surface area contributed by atoms with Crippen molar-refractivity contribution >= 4 is 41.1 Å². The van der Waals surface area contributed by atoms with E-state index in [4.69, 9.17) is 0 Å². The van der Waals surface area contributed by atoms with E-state index < -0.39 is 0 Å². The zero-order valence-electron chi connectivity index (χ0n) is 14.3. The smallest absolute Gasteiger partial charge is 0.150 e. The van der Waals surface area contributed by atoms with Crippen molar-refractivity contribution in [3.05, 3.63) is 35.8 Å². The summed E-state index contributed by atoms with van der Waals surface area (Å²) in [5.41, 5.74) is 2.71. The molecule has 0 bridgehead atoms. The Balaban J connectivity index is 1.93. The summed E-state index contributed by atoms with van der Waals surface area (Å²) < 4.78 is 3.86. The Morgan fingerprint density at radius 3 is 2.92 bits per heavy atom. The maximum atomic E-state index is 9.23. The van der Waals surface area contributed by atoms with Crippen molar-refractivity contribution in [3.63, 3.8) is 0 Å². The van der Waals surface area contributed by atoms with E-state index in [-0.39, 0.29) is 6.04 Å². The molecule has 6 nitrogen and oxygen atoms in total. The van der Waals surface area contributed by atoms with Gasteiger partial charge in [0.25, 0.3) is 0 Å². The monoisotopic (exact) mass is 448 g/mol. The van der Waals surface area contributed by atoms with Gasteiger partial charge in [0.15, 0.2) is 0 Å². The topological polar surface area (TPSA) is 71.3 Å². The average molecular weight is 448 g/mol. The second-order valence-electron chi connectivity index (χ2n) is 6.28.